The third-order valence-corrected chi connectivity index (χ3v) is 5.73. The number of carbonyl (C=O) groups excluding carboxylic acids is 2. The van der Waals surface area contributed by atoms with Crippen molar-refractivity contribution in [3.05, 3.63) is 155 Å². The van der Waals surface area contributed by atoms with Gasteiger partial charge in [0.25, 0.3) is 0 Å². The molecule has 0 saturated heterocycles. The molecule has 0 saturated carbocycles. The topological polar surface area (TPSA) is 58.2 Å². The van der Waals surface area contributed by atoms with E-state index >= 15 is 0 Å². The summed E-state index contributed by atoms with van der Waals surface area (Å²) in [5, 5.41) is 6.59. The Balaban J connectivity index is 1.48. The fourth-order valence-electron chi connectivity index (χ4n) is 3.76. The monoisotopic (exact) mass is 508 g/mol. The van der Waals surface area contributed by atoms with Gasteiger partial charge in [-0.2, -0.15) is 0 Å². The largest absolute Gasteiger partial charge is 0.383 e. The molecule has 0 aliphatic carbocycles. The number of rotatable bonds is 11. The number of nitrogens with one attached hydrogen (secondary N) is 2. The van der Waals surface area contributed by atoms with Crippen LogP contribution in [-0.2, 0) is 0 Å². The average Bonchev–Trinajstić information content (AvgIpc) is 2.95. The first-order chi connectivity index (χ1) is 18.5. The molecule has 0 radical (unpaired) electrons. The predicted octanol–water partition coefficient (Wildman–Crippen LogP) is 6.29. The number of benzene rings is 4. The molecular weight excluding hydrogens is 482 g/mol. The summed E-state index contributed by atoms with van der Waals surface area (Å²) < 4.78 is 26.6. The fourth-order valence-corrected chi connectivity index (χ4v) is 3.76. The second-order valence-corrected chi connectivity index (χ2v) is 8.44. The Hall–Kier alpha value is -4.84. The van der Waals surface area contributed by atoms with Crippen LogP contribution in [0.5, 0.6) is 0 Å². The molecule has 2 N–H and O–H groups in total. The molecule has 4 nitrogen and oxygen atoms in total. The van der Waals surface area contributed by atoms with Crippen LogP contribution in [0.2, 0.25) is 0 Å². The van der Waals surface area contributed by atoms with Gasteiger partial charge in [0.15, 0.2) is 11.6 Å². The Morgan fingerprint density at radius 2 is 0.842 bits per heavy atom. The van der Waals surface area contributed by atoms with Crippen molar-refractivity contribution in [2.75, 3.05) is 13.1 Å². The van der Waals surface area contributed by atoms with Gasteiger partial charge >= 0.3 is 0 Å². The van der Waals surface area contributed by atoms with Crippen LogP contribution in [0.25, 0.3) is 11.4 Å². The molecule has 0 atom stereocenters. The van der Waals surface area contributed by atoms with E-state index < -0.39 is 11.6 Å². The van der Waals surface area contributed by atoms with Gasteiger partial charge in [-0.3, -0.25) is 9.59 Å². The lowest BCUT2D eigenvalue weighted by atomic mass is 10.1. The molecule has 0 amide bonds. The Kier molecular flexibility index (Phi) is 8.92. The van der Waals surface area contributed by atoms with Crippen molar-refractivity contribution < 1.29 is 18.4 Å². The third-order valence-electron chi connectivity index (χ3n) is 5.73. The van der Waals surface area contributed by atoms with Crippen LogP contribution < -0.4 is 10.6 Å². The third kappa shape index (κ3) is 7.34. The van der Waals surface area contributed by atoms with Gasteiger partial charge in [-0.25, -0.2) is 8.78 Å². The molecule has 38 heavy (non-hydrogen) atoms. The molecule has 190 valence electrons. The summed E-state index contributed by atoms with van der Waals surface area (Å²) in [4.78, 5) is 25.6. The van der Waals surface area contributed by atoms with E-state index in [1.165, 1.54) is 60.7 Å². The van der Waals surface area contributed by atoms with E-state index in [0.717, 1.165) is 11.1 Å². The maximum atomic E-state index is 13.3. The summed E-state index contributed by atoms with van der Waals surface area (Å²) in [7, 11) is 0. The Morgan fingerprint density at radius 1 is 0.500 bits per heavy atom. The zero-order valence-electron chi connectivity index (χ0n) is 20.5. The Bertz CT molecular complexity index is 1320. The van der Waals surface area contributed by atoms with Gasteiger partial charge in [0, 0.05) is 47.8 Å². The number of allylic oxidation sites excluding steroid dienone is 2. The second-order valence-electron chi connectivity index (χ2n) is 8.44. The normalized spacial score (nSPS) is 11.6. The minimum Gasteiger partial charge on any atom is -0.383 e. The molecule has 0 aliphatic rings. The molecule has 0 aliphatic heterocycles. The molecule has 0 fully saturated rings. The van der Waals surface area contributed by atoms with Crippen molar-refractivity contribution in [2.24, 2.45) is 0 Å². The minimum atomic E-state index is -0.404. The lowest BCUT2D eigenvalue weighted by Gasteiger charge is -2.15. The van der Waals surface area contributed by atoms with Crippen molar-refractivity contribution in [2.45, 2.75) is 0 Å². The molecule has 6 heteroatoms. The molecule has 0 heterocycles. The van der Waals surface area contributed by atoms with Gasteiger partial charge in [0.1, 0.15) is 11.6 Å². The first kappa shape index (κ1) is 26.2. The zero-order chi connectivity index (χ0) is 26.7. The van der Waals surface area contributed by atoms with E-state index in [1.54, 1.807) is 0 Å². The molecule has 0 unspecified atom stereocenters. The summed E-state index contributed by atoms with van der Waals surface area (Å²) in [6, 6.07) is 29.7. The van der Waals surface area contributed by atoms with Crippen molar-refractivity contribution in [1.82, 2.24) is 10.6 Å². The summed E-state index contributed by atoms with van der Waals surface area (Å²) in [5.74, 6) is -1.31. The number of hydrogen-bond acceptors (Lipinski definition) is 4. The zero-order valence-corrected chi connectivity index (χ0v) is 20.5. The smallest absolute Gasteiger partial charge is 0.187 e. The highest BCUT2D eigenvalue weighted by Crippen LogP contribution is 2.15. The summed E-state index contributed by atoms with van der Waals surface area (Å²) in [6.45, 7) is 0.874. The van der Waals surface area contributed by atoms with Crippen molar-refractivity contribution in [3.63, 3.8) is 0 Å². The molecular formula is C32H26F2N2O2. The van der Waals surface area contributed by atoms with Crippen LogP contribution in [0.3, 0.4) is 0 Å². The molecule has 4 rings (SSSR count). The van der Waals surface area contributed by atoms with E-state index in [9.17, 15) is 18.4 Å². The highest BCUT2D eigenvalue weighted by molar-refractivity contribution is 6.09. The van der Waals surface area contributed by atoms with Gasteiger partial charge in [-0.05, 0) is 59.7 Å². The molecule has 4 aromatic rings. The molecule has 0 spiro atoms. The quantitative estimate of drug-likeness (QED) is 0.142. The Labute approximate surface area is 220 Å². The molecule has 4 aromatic carbocycles. The summed E-state index contributed by atoms with van der Waals surface area (Å²) in [5.41, 5.74) is 3.66. The molecule has 0 aromatic heterocycles. The lowest BCUT2D eigenvalue weighted by molar-refractivity contribution is 0.103. The van der Waals surface area contributed by atoms with E-state index in [0.29, 0.717) is 35.6 Å². The van der Waals surface area contributed by atoms with Crippen molar-refractivity contribution >= 4 is 23.0 Å². The van der Waals surface area contributed by atoms with Crippen molar-refractivity contribution in [3.8, 4) is 0 Å². The van der Waals surface area contributed by atoms with E-state index in [1.807, 2.05) is 60.7 Å². The summed E-state index contributed by atoms with van der Waals surface area (Å²) in [6.07, 6.45) is 2.99. The average molecular weight is 509 g/mol. The number of halogens is 2. The van der Waals surface area contributed by atoms with Gasteiger partial charge in [0.2, 0.25) is 0 Å². The maximum absolute atomic E-state index is 13.3. The summed E-state index contributed by atoms with van der Waals surface area (Å²) >= 11 is 0. The number of ketones is 2. The van der Waals surface area contributed by atoms with Crippen LogP contribution >= 0.6 is 0 Å². The highest BCUT2D eigenvalue weighted by atomic mass is 19.1. The highest BCUT2D eigenvalue weighted by Gasteiger charge is 2.10. The van der Waals surface area contributed by atoms with Crippen LogP contribution in [0.1, 0.15) is 31.8 Å². The first-order valence-electron chi connectivity index (χ1n) is 12.1. The van der Waals surface area contributed by atoms with E-state index in [-0.39, 0.29) is 11.6 Å². The van der Waals surface area contributed by atoms with Gasteiger partial charge < -0.3 is 10.6 Å². The number of carbonyl (C=O) groups is 2. The first-order valence-corrected chi connectivity index (χ1v) is 12.1. The van der Waals surface area contributed by atoms with Gasteiger partial charge in [-0.15, -0.1) is 0 Å². The standard InChI is InChI=1S/C32H26F2N2O2/c33-27-15-11-25(12-16-27)31(37)21-29(23-7-3-1-4-8-23)35-19-20-36-30(24-9-5-2-6-10-24)22-32(38)26-13-17-28(34)18-14-26/h1-18,21-22,35-36H,19-20H2/b29-21-,30-22-. The minimum absolute atomic E-state index is 0.251. The predicted molar refractivity (Wildman–Crippen MR) is 146 cm³/mol. The van der Waals surface area contributed by atoms with Gasteiger partial charge in [-0.1, -0.05) is 60.7 Å². The van der Waals surface area contributed by atoms with Crippen LogP contribution in [0.15, 0.2) is 121 Å². The van der Waals surface area contributed by atoms with Crippen molar-refractivity contribution in [1.29, 1.82) is 0 Å². The SMILES string of the molecule is O=C(/C=C(\NCCN/C(=C\C(=O)c1ccc(F)cc1)c1ccccc1)c1ccccc1)c1ccc(F)cc1. The van der Waals surface area contributed by atoms with E-state index in [4.69, 9.17) is 0 Å². The number of hydrogen-bond donors (Lipinski definition) is 2. The van der Waals surface area contributed by atoms with Gasteiger partial charge in [0.05, 0.1) is 0 Å². The second kappa shape index (κ2) is 12.9. The Morgan fingerprint density at radius 3 is 1.18 bits per heavy atom. The lowest BCUT2D eigenvalue weighted by Crippen LogP contribution is -2.26. The molecule has 0 bridgehead atoms. The van der Waals surface area contributed by atoms with Crippen LogP contribution in [-0.4, -0.2) is 24.7 Å². The van der Waals surface area contributed by atoms with E-state index in [2.05, 4.69) is 10.6 Å². The van der Waals surface area contributed by atoms with Crippen LogP contribution in [0.4, 0.5) is 8.78 Å². The fraction of sp³-hybridized carbons (Fsp3) is 0.0625. The van der Waals surface area contributed by atoms with Crippen LogP contribution in [0, 0.1) is 11.6 Å². The maximum Gasteiger partial charge on any atom is 0.187 e.